The quantitative estimate of drug-likeness (QED) is 0.845. The van der Waals surface area contributed by atoms with Gasteiger partial charge in [0.1, 0.15) is 5.75 Å². The van der Waals surface area contributed by atoms with E-state index in [2.05, 4.69) is 15.9 Å². The maximum Gasteiger partial charge on any atom is 0.345 e. The fraction of sp³-hybridized carbons (Fsp3) is 0.188. The van der Waals surface area contributed by atoms with Gasteiger partial charge in [0.05, 0.1) is 0 Å². The molecule has 0 aliphatic heterocycles. The largest absolute Gasteiger partial charge is 0.478 e. The van der Waals surface area contributed by atoms with Crippen molar-refractivity contribution in [2.24, 2.45) is 0 Å². The molecular formula is C16H14BrClO3. The number of hydrogen-bond acceptors (Lipinski definition) is 2. The summed E-state index contributed by atoms with van der Waals surface area (Å²) in [5.41, 5.74) is 1.74. The summed E-state index contributed by atoms with van der Waals surface area (Å²) in [6.45, 7) is 1.85. The third-order valence-corrected chi connectivity index (χ3v) is 3.91. The number of carboxylic acid groups (broad SMARTS) is 1. The number of halogens is 2. The SMILES string of the molecule is Cc1cc(OC(Cc2cccc(Br)c2)C(=O)O)ccc1Cl. The Hall–Kier alpha value is -1.52. The number of hydrogen-bond donors (Lipinski definition) is 1. The van der Waals surface area contributed by atoms with Gasteiger partial charge in [0.25, 0.3) is 0 Å². The van der Waals surface area contributed by atoms with E-state index in [1.807, 2.05) is 31.2 Å². The predicted octanol–water partition coefficient (Wildman–Crippen LogP) is 4.49. The molecule has 0 aliphatic carbocycles. The van der Waals surface area contributed by atoms with Crippen molar-refractivity contribution in [3.63, 3.8) is 0 Å². The van der Waals surface area contributed by atoms with E-state index in [0.717, 1.165) is 15.6 Å². The lowest BCUT2D eigenvalue weighted by molar-refractivity contribution is -0.145. The molecule has 0 spiro atoms. The highest BCUT2D eigenvalue weighted by atomic mass is 79.9. The van der Waals surface area contributed by atoms with Crippen molar-refractivity contribution >= 4 is 33.5 Å². The normalized spacial score (nSPS) is 12.0. The Kier molecular flexibility index (Phi) is 5.26. The topological polar surface area (TPSA) is 46.5 Å². The van der Waals surface area contributed by atoms with E-state index < -0.39 is 12.1 Å². The first-order valence-electron chi connectivity index (χ1n) is 6.36. The summed E-state index contributed by atoms with van der Waals surface area (Å²) in [4.78, 5) is 11.4. The average molecular weight is 370 g/mol. The summed E-state index contributed by atoms with van der Waals surface area (Å²) in [5, 5.41) is 9.95. The zero-order valence-corrected chi connectivity index (χ0v) is 13.7. The van der Waals surface area contributed by atoms with Gasteiger partial charge in [-0.2, -0.15) is 0 Å². The number of rotatable bonds is 5. The van der Waals surface area contributed by atoms with E-state index in [1.165, 1.54) is 0 Å². The lowest BCUT2D eigenvalue weighted by Crippen LogP contribution is -2.29. The summed E-state index contributed by atoms with van der Waals surface area (Å²) < 4.78 is 6.49. The van der Waals surface area contributed by atoms with Crippen molar-refractivity contribution < 1.29 is 14.6 Å². The molecule has 0 heterocycles. The van der Waals surface area contributed by atoms with Crippen molar-refractivity contribution in [2.75, 3.05) is 0 Å². The smallest absolute Gasteiger partial charge is 0.345 e. The standard InChI is InChI=1S/C16H14BrClO3/c1-10-7-13(5-6-14(10)18)21-15(16(19)20)9-11-3-2-4-12(17)8-11/h2-8,15H,9H2,1H3,(H,19,20). The van der Waals surface area contributed by atoms with E-state index in [-0.39, 0.29) is 6.42 Å². The summed E-state index contributed by atoms with van der Waals surface area (Å²) in [6.07, 6.45) is -0.656. The van der Waals surface area contributed by atoms with Crippen molar-refractivity contribution in [3.05, 3.63) is 63.1 Å². The zero-order valence-electron chi connectivity index (χ0n) is 11.3. The Morgan fingerprint density at radius 1 is 1.33 bits per heavy atom. The van der Waals surface area contributed by atoms with Gasteiger partial charge < -0.3 is 9.84 Å². The van der Waals surface area contributed by atoms with Crippen LogP contribution in [0.15, 0.2) is 46.9 Å². The highest BCUT2D eigenvalue weighted by Gasteiger charge is 2.20. The third-order valence-electron chi connectivity index (χ3n) is 2.99. The van der Waals surface area contributed by atoms with Crippen LogP contribution in [-0.4, -0.2) is 17.2 Å². The minimum atomic E-state index is -0.998. The molecule has 1 N–H and O–H groups in total. The van der Waals surface area contributed by atoms with E-state index in [1.54, 1.807) is 18.2 Å². The molecule has 0 amide bonds. The van der Waals surface area contributed by atoms with Gasteiger partial charge in [0.2, 0.25) is 0 Å². The molecule has 1 unspecified atom stereocenters. The first kappa shape index (κ1) is 15.9. The van der Waals surface area contributed by atoms with E-state index in [4.69, 9.17) is 16.3 Å². The Morgan fingerprint density at radius 2 is 2.10 bits per heavy atom. The monoisotopic (exact) mass is 368 g/mol. The molecular weight excluding hydrogens is 356 g/mol. The van der Waals surface area contributed by atoms with Crippen molar-refractivity contribution in [1.82, 2.24) is 0 Å². The molecule has 0 fully saturated rings. The van der Waals surface area contributed by atoms with Gasteiger partial charge in [0, 0.05) is 15.9 Å². The van der Waals surface area contributed by atoms with Gasteiger partial charge in [-0.15, -0.1) is 0 Å². The Labute approximate surface area is 136 Å². The molecule has 3 nitrogen and oxygen atoms in total. The Morgan fingerprint density at radius 3 is 2.71 bits per heavy atom. The summed E-state index contributed by atoms with van der Waals surface area (Å²) >= 11 is 9.32. The molecule has 0 saturated carbocycles. The van der Waals surface area contributed by atoms with Crippen LogP contribution in [0.1, 0.15) is 11.1 Å². The number of carbonyl (C=O) groups is 1. The lowest BCUT2D eigenvalue weighted by Gasteiger charge is -2.16. The second kappa shape index (κ2) is 6.96. The maximum atomic E-state index is 11.4. The highest BCUT2D eigenvalue weighted by molar-refractivity contribution is 9.10. The van der Waals surface area contributed by atoms with Crippen LogP contribution in [-0.2, 0) is 11.2 Å². The van der Waals surface area contributed by atoms with Gasteiger partial charge in [-0.25, -0.2) is 4.79 Å². The summed E-state index contributed by atoms with van der Waals surface area (Å²) in [6, 6.07) is 12.6. The molecule has 21 heavy (non-hydrogen) atoms. The van der Waals surface area contributed by atoms with Crippen LogP contribution >= 0.6 is 27.5 Å². The van der Waals surface area contributed by atoms with E-state index >= 15 is 0 Å². The first-order valence-corrected chi connectivity index (χ1v) is 7.53. The van der Waals surface area contributed by atoms with Crippen molar-refractivity contribution in [1.29, 1.82) is 0 Å². The minimum Gasteiger partial charge on any atom is -0.478 e. The van der Waals surface area contributed by atoms with Gasteiger partial charge >= 0.3 is 5.97 Å². The van der Waals surface area contributed by atoms with Gasteiger partial charge in [-0.1, -0.05) is 39.7 Å². The Balaban J connectivity index is 2.15. The lowest BCUT2D eigenvalue weighted by atomic mass is 10.1. The molecule has 110 valence electrons. The molecule has 5 heteroatoms. The predicted molar refractivity (Wildman–Crippen MR) is 86.1 cm³/mol. The summed E-state index contributed by atoms with van der Waals surface area (Å²) in [5.74, 6) is -0.498. The van der Waals surface area contributed by atoms with E-state index in [0.29, 0.717) is 10.8 Å². The Bertz CT molecular complexity index is 658. The highest BCUT2D eigenvalue weighted by Crippen LogP contribution is 2.23. The van der Waals surface area contributed by atoms with Crippen molar-refractivity contribution in [3.8, 4) is 5.75 Å². The van der Waals surface area contributed by atoms with Crippen LogP contribution in [0.25, 0.3) is 0 Å². The maximum absolute atomic E-state index is 11.4. The second-order valence-corrected chi connectivity index (χ2v) is 6.01. The third kappa shape index (κ3) is 4.48. The fourth-order valence-electron chi connectivity index (χ4n) is 1.91. The molecule has 2 rings (SSSR count). The second-order valence-electron chi connectivity index (χ2n) is 4.69. The zero-order chi connectivity index (χ0) is 15.4. The molecule has 1 atom stereocenters. The molecule has 0 aromatic heterocycles. The number of aryl methyl sites for hydroxylation is 1. The van der Waals surface area contributed by atoms with Gasteiger partial charge in [-0.05, 0) is 48.4 Å². The number of carboxylic acids is 1. The molecule has 0 aliphatic rings. The van der Waals surface area contributed by atoms with E-state index in [9.17, 15) is 9.90 Å². The fourth-order valence-corrected chi connectivity index (χ4v) is 2.48. The van der Waals surface area contributed by atoms with Gasteiger partial charge in [0.15, 0.2) is 6.10 Å². The van der Waals surface area contributed by atoms with Crippen molar-refractivity contribution in [2.45, 2.75) is 19.4 Å². The van der Waals surface area contributed by atoms with Crippen LogP contribution in [0.4, 0.5) is 0 Å². The van der Waals surface area contributed by atoms with Crippen LogP contribution in [0, 0.1) is 6.92 Å². The number of aliphatic carboxylic acids is 1. The van der Waals surface area contributed by atoms with Crippen LogP contribution < -0.4 is 4.74 Å². The van der Waals surface area contributed by atoms with Gasteiger partial charge in [-0.3, -0.25) is 0 Å². The molecule has 0 bridgehead atoms. The summed E-state index contributed by atoms with van der Waals surface area (Å²) in [7, 11) is 0. The van der Waals surface area contributed by atoms with Crippen LogP contribution in [0.3, 0.4) is 0 Å². The van der Waals surface area contributed by atoms with Crippen LogP contribution in [0.5, 0.6) is 5.75 Å². The molecule has 0 saturated heterocycles. The number of benzene rings is 2. The molecule has 2 aromatic carbocycles. The average Bonchev–Trinajstić information content (AvgIpc) is 2.42. The molecule has 2 aromatic rings. The first-order chi connectivity index (χ1) is 9.95. The number of ether oxygens (including phenoxy) is 1. The minimum absolute atomic E-state index is 0.288. The molecule has 0 radical (unpaired) electrons. The van der Waals surface area contributed by atoms with Crippen LogP contribution in [0.2, 0.25) is 5.02 Å².